The molecule has 30 heavy (non-hydrogen) atoms. The fourth-order valence-electron chi connectivity index (χ4n) is 9.51. The van der Waals surface area contributed by atoms with Gasteiger partial charge in [-0.2, -0.15) is 0 Å². The van der Waals surface area contributed by atoms with Crippen molar-refractivity contribution in [3.63, 3.8) is 0 Å². The van der Waals surface area contributed by atoms with Crippen molar-refractivity contribution in [1.29, 1.82) is 0 Å². The Morgan fingerprint density at radius 2 is 2.00 bits per heavy atom. The summed E-state index contributed by atoms with van der Waals surface area (Å²) in [5.41, 5.74) is 0.873. The highest BCUT2D eigenvalue weighted by molar-refractivity contribution is 5.92. The Morgan fingerprint density at radius 3 is 2.77 bits per heavy atom. The van der Waals surface area contributed by atoms with E-state index in [0.717, 1.165) is 31.6 Å². The van der Waals surface area contributed by atoms with Crippen LogP contribution in [0.5, 0.6) is 0 Å². The molecule has 4 unspecified atom stereocenters. The number of hydrogen-bond acceptors (Lipinski definition) is 4. The third kappa shape index (κ3) is 2.27. The molecule has 10 atom stereocenters. The molecule has 164 valence electrons. The molecule has 0 amide bonds. The van der Waals surface area contributed by atoms with Crippen molar-refractivity contribution in [3.05, 3.63) is 11.6 Å². The van der Waals surface area contributed by atoms with E-state index < -0.39 is 5.60 Å². The van der Waals surface area contributed by atoms with E-state index in [4.69, 9.17) is 4.74 Å². The number of ether oxygens (including phenoxy) is 1. The fraction of sp³-hybridized carbons (Fsp3) is 0.846. The Balaban J connectivity index is 1.32. The molecule has 4 nitrogen and oxygen atoms in total. The van der Waals surface area contributed by atoms with Gasteiger partial charge in [0.15, 0.2) is 5.78 Å². The van der Waals surface area contributed by atoms with Crippen LogP contribution in [-0.2, 0) is 14.3 Å². The topological polar surface area (TPSA) is 63.6 Å². The monoisotopic (exact) mass is 412 g/mol. The predicted octanol–water partition coefficient (Wildman–Crippen LogP) is 4.30. The molecule has 0 spiro atoms. The third-order valence-electron chi connectivity index (χ3n) is 10.9. The van der Waals surface area contributed by atoms with Crippen LogP contribution in [-0.4, -0.2) is 29.1 Å². The zero-order valence-electron chi connectivity index (χ0n) is 18.7. The van der Waals surface area contributed by atoms with Crippen LogP contribution >= 0.6 is 0 Å². The molecular formula is C26H36O4. The molecule has 5 fully saturated rings. The van der Waals surface area contributed by atoms with E-state index in [1.165, 1.54) is 12.0 Å². The molecule has 1 N–H and O–H groups in total. The fourth-order valence-corrected chi connectivity index (χ4v) is 9.51. The smallest absolute Gasteiger partial charge is 0.305 e. The second kappa shape index (κ2) is 5.99. The van der Waals surface area contributed by atoms with E-state index in [2.05, 4.69) is 13.8 Å². The summed E-state index contributed by atoms with van der Waals surface area (Å²) < 4.78 is 5.17. The highest BCUT2D eigenvalue weighted by Gasteiger charge is 2.78. The van der Waals surface area contributed by atoms with Gasteiger partial charge in [0.1, 0.15) is 0 Å². The van der Waals surface area contributed by atoms with Crippen molar-refractivity contribution >= 4 is 11.8 Å². The molecule has 0 aromatic carbocycles. The summed E-state index contributed by atoms with van der Waals surface area (Å²) in [4.78, 5) is 24.3. The molecule has 0 radical (unpaired) electrons. The summed E-state index contributed by atoms with van der Waals surface area (Å²) >= 11 is 0. The van der Waals surface area contributed by atoms with E-state index in [1.54, 1.807) is 0 Å². The first kappa shape index (κ1) is 19.5. The SMILES string of the molecule is CCOC(=O)CC[C@]1(O)[C@H]2CC2C2C3C(CC[C@@]21C)[C@@]1(C)CCC(=O)C=C1[C@@H]1C[C@H]31. The molecule has 5 saturated carbocycles. The van der Waals surface area contributed by atoms with E-state index in [-0.39, 0.29) is 16.8 Å². The van der Waals surface area contributed by atoms with Crippen LogP contribution in [0.15, 0.2) is 11.6 Å². The first-order valence-corrected chi connectivity index (χ1v) is 12.4. The van der Waals surface area contributed by atoms with Crippen LogP contribution in [0.25, 0.3) is 0 Å². The lowest BCUT2D eigenvalue weighted by Gasteiger charge is -2.60. The van der Waals surface area contributed by atoms with Crippen LogP contribution in [0.3, 0.4) is 0 Å². The largest absolute Gasteiger partial charge is 0.466 e. The minimum atomic E-state index is -0.718. The highest BCUT2D eigenvalue weighted by atomic mass is 16.5. The number of ketones is 1. The molecule has 0 heterocycles. The molecule has 4 heteroatoms. The summed E-state index contributed by atoms with van der Waals surface area (Å²) in [6.07, 6.45) is 9.25. The molecule has 6 aliphatic rings. The Morgan fingerprint density at radius 1 is 1.20 bits per heavy atom. The Labute approximate surface area is 179 Å². The molecule has 0 bridgehead atoms. The number of aliphatic hydroxyl groups is 1. The Hall–Kier alpha value is -1.16. The minimum absolute atomic E-state index is 0.0799. The lowest BCUT2D eigenvalue weighted by molar-refractivity contribution is -0.162. The summed E-state index contributed by atoms with van der Waals surface area (Å²) in [5.74, 6) is 4.45. The standard InChI is InChI=1S/C26H36O4/c1-4-30-21(28)7-10-26(29)20-13-17(20)23-22-16-12-15(16)19-11-14(27)5-8-24(19,2)18(22)6-9-25(23,26)3/h11,15-18,20,22-23,29H,4-10,12-13H2,1-3H3/t15-,16+,17?,18?,20+,22?,23?,24-,25+,26+/m1/s1. The number of rotatable bonds is 4. The zero-order chi connectivity index (χ0) is 21.1. The van der Waals surface area contributed by atoms with E-state index >= 15 is 0 Å². The maximum Gasteiger partial charge on any atom is 0.305 e. The van der Waals surface area contributed by atoms with Crippen molar-refractivity contribution < 1.29 is 19.4 Å². The normalized spacial score (nSPS) is 54.7. The Kier molecular flexibility index (Phi) is 3.90. The molecule has 0 saturated heterocycles. The quantitative estimate of drug-likeness (QED) is 0.699. The molecular weight excluding hydrogens is 376 g/mol. The number of carbonyl (C=O) groups is 2. The van der Waals surface area contributed by atoms with E-state index in [9.17, 15) is 14.7 Å². The maximum absolute atomic E-state index is 12.2. The van der Waals surface area contributed by atoms with Gasteiger partial charge < -0.3 is 9.84 Å². The number of hydrogen-bond donors (Lipinski definition) is 1. The van der Waals surface area contributed by atoms with E-state index in [1.807, 2.05) is 13.0 Å². The van der Waals surface area contributed by atoms with Crippen molar-refractivity contribution in [1.82, 2.24) is 0 Å². The van der Waals surface area contributed by atoms with Gasteiger partial charge in [-0.05, 0) is 104 Å². The number of carbonyl (C=O) groups excluding carboxylic acids is 2. The first-order chi connectivity index (χ1) is 14.2. The van der Waals surface area contributed by atoms with Gasteiger partial charge in [-0.15, -0.1) is 0 Å². The summed E-state index contributed by atoms with van der Waals surface area (Å²) in [6.45, 7) is 7.05. The van der Waals surface area contributed by atoms with Crippen LogP contribution in [0.2, 0.25) is 0 Å². The summed E-state index contributed by atoms with van der Waals surface area (Å²) in [5, 5.41) is 12.0. The second-order valence-corrected chi connectivity index (χ2v) is 11.9. The average Bonchev–Trinajstić information content (AvgIpc) is 3.60. The van der Waals surface area contributed by atoms with Crippen LogP contribution in [0.1, 0.15) is 72.1 Å². The van der Waals surface area contributed by atoms with Gasteiger partial charge in [-0.3, -0.25) is 9.59 Å². The Bertz CT molecular complexity index is 846. The van der Waals surface area contributed by atoms with Gasteiger partial charge >= 0.3 is 5.97 Å². The van der Waals surface area contributed by atoms with Crippen LogP contribution in [0, 0.1) is 52.3 Å². The molecule has 0 aromatic rings. The first-order valence-electron chi connectivity index (χ1n) is 12.4. The average molecular weight is 413 g/mol. The van der Waals surface area contributed by atoms with Gasteiger partial charge in [0, 0.05) is 12.8 Å². The summed E-state index contributed by atoms with van der Waals surface area (Å²) in [7, 11) is 0. The predicted molar refractivity (Wildman–Crippen MR) is 112 cm³/mol. The molecule has 6 aliphatic carbocycles. The molecule has 6 rings (SSSR count). The molecule has 0 aromatic heterocycles. The number of esters is 1. The maximum atomic E-state index is 12.2. The number of fused-ring (bicyclic) bond motifs is 10. The van der Waals surface area contributed by atoms with Crippen molar-refractivity contribution in [2.45, 2.75) is 77.7 Å². The van der Waals surface area contributed by atoms with Gasteiger partial charge in [-0.25, -0.2) is 0 Å². The molecule has 0 aliphatic heterocycles. The highest BCUT2D eigenvalue weighted by Crippen LogP contribution is 2.81. The van der Waals surface area contributed by atoms with Gasteiger partial charge in [0.2, 0.25) is 0 Å². The van der Waals surface area contributed by atoms with Crippen molar-refractivity contribution in [2.75, 3.05) is 6.61 Å². The van der Waals surface area contributed by atoms with Crippen molar-refractivity contribution in [2.24, 2.45) is 52.3 Å². The number of allylic oxidation sites excluding steroid dienone is 1. The van der Waals surface area contributed by atoms with Gasteiger partial charge in [0.05, 0.1) is 12.2 Å². The lowest BCUT2D eigenvalue weighted by atomic mass is 9.45. The lowest BCUT2D eigenvalue weighted by Crippen LogP contribution is -2.57. The van der Waals surface area contributed by atoms with E-state index in [0.29, 0.717) is 67.2 Å². The van der Waals surface area contributed by atoms with Crippen LogP contribution < -0.4 is 0 Å². The zero-order valence-corrected chi connectivity index (χ0v) is 18.7. The van der Waals surface area contributed by atoms with Crippen LogP contribution in [0.4, 0.5) is 0 Å². The van der Waals surface area contributed by atoms with Crippen molar-refractivity contribution in [3.8, 4) is 0 Å². The minimum Gasteiger partial charge on any atom is -0.466 e. The second-order valence-electron chi connectivity index (χ2n) is 11.9. The van der Waals surface area contributed by atoms with Gasteiger partial charge in [0.25, 0.3) is 0 Å². The third-order valence-corrected chi connectivity index (χ3v) is 10.9. The summed E-state index contributed by atoms with van der Waals surface area (Å²) in [6, 6.07) is 0. The van der Waals surface area contributed by atoms with Gasteiger partial charge in [-0.1, -0.05) is 19.4 Å².